The highest BCUT2D eigenvalue weighted by Gasteiger charge is 2.58. The number of para-hydroxylation sites is 1. The third kappa shape index (κ3) is 6.62. The van der Waals surface area contributed by atoms with Gasteiger partial charge in [0.05, 0.1) is 23.9 Å². The van der Waals surface area contributed by atoms with Crippen molar-refractivity contribution in [3.63, 3.8) is 0 Å². The van der Waals surface area contributed by atoms with Crippen LogP contribution in [-0.2, 0) is 39.3 Å². The number of ketones is 1. The number of rotatable bonds is 11. The maximum Gasteiger partial charge on any atom is 0.318 e. The summed E-state index contributed by atoms with van der Waals surface area (Å²) in [5.74, 6) is -4.88. The first-order chi connectivity index (χ1) is 20.6. The summed E-state index contributed by atoms with van der Waals surface area (Å²) in [5, 5.41) is 6.08. The monoisotopic (exact) mass is 629 g/mol. The average Bonchev–Trinajstić information content (AvgIpc) is 3.15. The van der Waals surface area contributed by atoms with Gasteiger partial charge in [-0.05, 0) is 61.9 Å². The molecule has 0 spiro atoms. The molecule has 3 unspecified atom stereocenters. The van der Waals surface area contributed by atoms with Crippen molar-refractivity contribution in [2.75, 3.05) is 37.5 Å². The van der Waals surface area contributed by atoms with Crippen LogP contribution in [0.25, 0.3) is 0 Å². The van der Waals surface area contributed by atoms with Gasteiger partial charge in [-0.1, -0.05) is 45.9 Å². The second-order valence-electron chi connectivity index (χ2n) is 12.6. The smallest absolute Gasteiger partial charge is 0.318 e. The van der Waals surface area contributed by atoms with Gasteiger partial charge in [0.15, 0.2) is 11.4 Å². The molecule has 12 heteroatoms. The van der Waals surface area contributed by atoms with Crippen LogP contribution >= 0.6 is 0 Å². The van der Waals surface area contributed by atoms with Crippen molar-refractivity contribution >= 4 is 39.1 Å². The molecule has 2 N–H and O–H groups in total. The highest BCUT2D eigenvalue weighted by molar-refractivity contribution is 7.89. The van der Waals surface area contributed by atoms with Crippen LogP contribution in [0.1, 0.15) is 59.9 Å². The van der Waals surface area contributed by atoms with E-state index < -0.39 is 51.3 Å². The van der Waals surface area contributed by atoms with E-state index in [1.807, 2.05) is 33.8 Å². The lowest BCUT2D eigenvalue weighted by Crippen LogP contribution is -2.58. The molecule has 240 valence electrons. The highest BCUT2D eigenvalue weighted by atomic mass is 32.2. The fourth-order valence-corrected chi connectivity index (χ4v) is 7.25. The molecule has 44 heavy (non-hydrogen) atoms. The fourth-order valence-electron chi connectivity index (χ4n) is 5.49. The third-order valence-electron chi connectivity index (χ3n) is 7.87. The Morgan fingerprint density at radius 2 is 1.84 bits per heavy atom. The molecule has 0 aliphatic carbocycles. The molecule has 2 aliphatic heterocycles. The Hall–Kier alpha value is -3.48. The number of fused-ring (bicyclic) bond motifs is 1. The molecular formula is C32H43N3O8S. The Morgan fingerprint density at radius 1 is 1.14 bits per heavy atom. The molecule has 2 aliphatic rings. The van der Waals surface area contributed by atoms with Crippen LogP contribution in [0.15, 0.2) is 47.4 Å². The van der Waals surface area contributed by atoms with E-state index >= 15 is 0 Å². The quantitative estimate of drug-likeness (QED) is 0.211. The molecule has 4 rings (SSSR count). The minimum atomic E-state index is -4.16. The number of nitrogens with one attached hydrogen (secondary N) is 2. The van der Waals surface area contributed by atoms with E-state index in [0.29, 0.717) is 24.5 Å². The lowest BCUT2D eigenvalue weighted by Gasteiger charge is -2.41. The van der Waals surface area contributed by atoms with Gasteiger partial charge >= 0.3 is 5.97 Å². The first kappa shape index (κ1) is 33.4. The number of sulfonamides is 1. The second-order valence-corrected chi connectivity index (χ2v) is 14.5. The van der Waals surface area contributed by atoms with E-state index in [9.17, 15) is 22.8 Å². The summed E-state index contributed by atoms with van der Waals surface area (Å²) < 4.78 is 45.7. The van der Waals surface area contributed by atoms with Crippen molar-refractivity contribution in [3.05, 3.63) is 48.0 Å². The Bertz CT molecular complexity index is 1520. The number of benzene rings is 2. The van der Waals surface area contributed by atoms with Crippen LogP contribution in [-0.4, -0.2) is 69.0 Å². The lowest BCUT2D eigenvalue weighted by atomic mass is 9.82. The number of hydrogen-bond acceptors (Lipinski definition) is 9. The van der Waals surface area contributed by atoms with E-state index in [1.165, 1.54) is 27.0 Å². The van der Waals surface area contributed by atoms with Gasteiger partial charge in [0.25, 0.3) is 0 Å². The highest BCUT2D eigenvalue weighted by Crippen LogP contribution is 2.41. The van der Waals surface area contributed by atoms with E-state index in [1.54, 1.807) is 30.3 Å². The molecule has 0 radical (unpaired) electrons. The van der Waals surface area contributed by atoms with Crippen LogP contribution in [0, 0.1) is 11.8 Å². The minimum absolute atomic E-state index is 0.0293. The topological polar surface area (TPSA) is 140 Å². The molecule has 2 heterocycles. The van der Waals surface area contributed by atoms with Gasteiger partial charge in [0.2, 0.25) is 15.9 Å². The first-order valence-corrected chi connectivity index (χ1v) is 16.3. The summed E-state index contributed by atoms with van der Waals surface area (Å²) in [6, 6.07) is 11.8. The van der Waals surface area contributed by atoms with Crippen molar-refractivity contribution < 1.29 is 37.0 Å². The predicted molar refractivity (Wildman–Crippen MR) is 166 cm³/mol. The molecular weight excluding hydrogens is 586 g/mol. The Balaban J connectivity index is 1.86. The Labute approximate surface area is 259 Å². The zero-order chi connectivity index (χ0) is 32.4. The number of ether oxygens (including phenoxy) is 3. The molecule has 0 saturated carbocycles. The van der Waals surface area contributed by atoms with Gasteiger partial charge in [-0.2, -0.15) is 4.31 Å². The molecule has 2 aromatic carbocycles. The number of esters is 1. The summed E-state index contributed by atoms with van der Waals surface area (Å²) in [5.41, 5.74) is -0.229. The number of nitrogens with zero attached hydrogens (tertiary/aromatic N) is 1. The minimum Gasteiger partial charge on any atom is -0.491 e. The number of hydrogen-bond donors (Lipinski definition) is 2. The molecule has 0 aromatic heterocycles. The molecule has 11 nitrogen and oxygen atoms in total. The van der Waals surface area contributed by atoms with Crippen LogP contribution in [0.3, 0.4) is 0 Å². The number of cyclic esters (lactones) is 1. The van der Waals surface area contributed by atoms with Crippen molar-refractivity contribution in [1.82, 2.24) is 4.31 Å². The van der Waals surface area contributed by atoms with E-state index in [0.717, 1.165) is 16.3 Å². The summed E-state index contributed by atoms with van der Waals surface area (Å²) in [4.78, 5) is 41.5. The standard InChI is InChI=1S/C32H43N3O8S/c1-8-17-42-23-15-14-20(31(2,3)4)19-22(23)34-29(37)26(25-27(36)32(5,6)43-30(25)38)28-33-21-12-9-10-13-24(21)44(39,40)35(28)16-11-18-41-7/h9-10,12-15,19,25-26,28,33H,8,11,16-18H2,1-7H3,(H,34,37). The molecule has 1 fully saturated rings. The number of methoxy groups -OCH3 is 1. The van der Waals surface area contributed by atoms with Crippen molar-refractivity contribution in [2.45, 2.75) is 76.5 Å². The van der Waals surface area contributed by atoms with Crippen LogP contribution in [0.2, 0.25) is 0 Å². The molecule has 0 bridgehead atoms. The number of Topliss-reactive ketones (excluding diaryl/α,β-unsaturated/α-hetero) is 1. The van der Waals surface area contributed by atoms with Crippen molar-refractivity contribution in [1.29, 1.82) is 0 Å². The molecule has 1 amide bonds. The van der Waals surface area contributed by atoms with Crippen LogP contribution < -0.4 is 15.4 Å². The SMILES string of the molecule is CCCOc1ccc(C(C)(C)C)cc1NC(=O)C(C1C(=O)OC(C)(C)C1=O)C1Nc2ccccc2S(=O)(=O)N1CCCOC. The number of carbonyl (C=O) groups is 3. The predicted octanol–water partition coefficient (Wildman–Crippen LogP) is 4.33. The van der Waals surface area contributed by atoms with E-state index in [-0.39, 0.29) is 29.1 Å². The van der Waals surface area contributed by atoms with Crippen LogP contribution in [0.4, 0.5) is 11.4 Å². The van der Waals surface area contributed by atoms with Crippen molar-refractivity contribution in [3.8, 4) is 5.75 Å². The van der Waals surface area contributed by atoms with Gasteiger partial charge in [-0.3, -0.25) is 14.4 Å². The van der Waals surface area contributed by atoms with Crippen LogP contribution in [0.5, 0.6) is 5.75 Å². The van der Waals surface area contributed by atoms with Gasteiger partial charge in [-0.25, -0.2) is 8.42 Å². The van der Waals surface area contributed by atoms with E-state index in [4.69, 9.17) is 14.2 Å². The summed E-state index contributed by atoms with van der Waals surface area (Å²) >= 11 is 0. The number of carbonyl (C=O) groups excluding carboxylic acids is 3. The maximum absolute atomic E-state index is 14.5. The third-order valence-corrected chi connectivity index (χ3v) is 9.81. The average molecular weight is 630 g/mol. The van der Waals surface area contributed by atoms with Gasteiger partial charge < -0.3 is 24.8 Å². The molecule has 2 aromatic rings. The Kier molecular flexibility index (Phi) is 9.77. The largest absolute Gasteiger partial charge is 0.491 e. The Morgan fingerprint density at radius 3 is 2.45 bits per heavy atom. The molecule has 3 atom stereocenters. The number of anilines is 2. The summed E-state index contributed by atoms with van der Waals surface area (Å²) in [6.45, 7) is 11.6. The lowest BCUT2D eigenvalue weighted by molar-refractivity contribution is -0.151. The maximum atomic E-state index is 14.5. The van der Waals surface area contributed by atoms with Gasteiger partial charge in [0, 0.05) is 20.3 Å². The summed E-state index contributed by atoms with van der Waals surface area (Å²) in [7, 11) is -2.65. The van der Waals surface area contributed by atoms with Gasteiger partial charge in [0.1, 0.15) is 22.7 Å². The zero-order valence-electron chi connectivity index (χ0n) is 26.4. The van der Waals surface area contributed by atoms with Gasteiger partial charge in [-0.15, -0.1) is 0 Å². The fraction of sp³-hybridized carbons (Fsp3) is 0.531. The second kappa shape index (κ2) is 12.9. The first-order valence-electron chi connectivity index (χ1n) is 14.8. The van der Waals surface area contributed by atoms with Crippen molar-refractivity contribution in [2.24, 2.45) is 11.8 Å². The number of amides is 1. The zero-order valence-corrected chi connectivity index (χ0v) is 27.2. The van der Waals surface area contributed by atoms with E-state index in [2.05, 4.69) is 10.6 Å². The normalized spacial score (nSPS) is 21.6. The molecule has 1 saturated heterocycles. The summed E-state index contributed by atoms with van der Waals surface area (Å²) in [6.07, 6.45) is -0.261.